The third-order valence-electron chi connectivity index (χ3n) is 5.48. The van der Waals surface area contributed by atoms with E-state index >= 15 is 0 Å². The molecule has 1 saturated carbocycles. The molecular formula is C23H25NO4. The Bertz CT molecular complexity index is 922. The van der Waals surface area contributed by atoms with Gasteiger partial charge < -0.3 is 10.1 Å². The zero-order valence-electron chi connectivity index (χ0n) is 16.5. The number of ether oxygens (including phenoxy) is 1. The molecule has 0 saturated heterocycles. The van der Waals surface area contributed by atoms with Crippen LogP contribution >= 0.6 is 0 Å². The van der Waals surface area contributed by atoms with Crippen molar-refractivity contribution in [3.8, 4) is 5.75 Å². The van der Waals surface area contributed by atoms with Crippen LogP contribution in [0.4, 0.5) is 0 Å². The van der Waals surface area contributed by atoms with E-state index in [1.54, 1.807) is 31.4 Å². The summed E-state index contributed by atoms with van der Waals surface area (Å²) < 4.78 is 5.30. The number of carbonyl (C=O) groups excluding carboxylic acids is 3. The van der Waals surface area contributed by atoms with Crippen LogP contribution in [0, 0.1) is 13.8 Å². The van der Waals surface area contributed by atoms with Crippen molar-refractivity contribution >= 4 is 17.5 Å². The minimum atomic E-state index is -1.08. The Balaban J connectivity index is 1.96. The number of methoxy groups -OCH3 is 1. The fourth-order valence-corrected chi connectivity index (χ4v) is 3.79. The average Bonchev–Trinajstić information content (AvgIpc) is 2.69. The van der Waals surface area contributed by atoms with Crippen molar-refractivity contribution in [2.24, 2.45) is 0 Å². The molecule has 5 nitrogen and oxygen atoms in total. The summed E-state index contributed by atoms with van der Waals surface area (Å²) in [5.74, 6) is 0.273. The second kappa shape index (κ2) is 7.97. The Labute approximate surface area is 165 Å². The fraction of sp³-hybridized carbons (Fsp3) is 0.348. The lowest BCUT2D eigenvalue weighted by Gasteiger charge is -2.36. The molecule has 2 aromatic rings. The van der Waals surface area contributed by atoms with E-state index < -0.39 is 5.54 Å². The van der Waals surface area contributed by atoms with Crippen LogP contribution in [0.1, 0.15) is 57.5 Å². The number of hydrogen-bond donors (Lipinski definition) is 1. The first-order chi connectivity index (χ1) is 13.4. The molecule has 0 aromatic heterocycles. The first-order valence-corrected chi connectivity index (χ1v) is 9.45. The number of nitrogens with one attached hydrogen (secondary N) is 1. The lowest BCUT2D eigenvalue weighted by atomic mass is 9.75. The van der Waals surface area contributed by atoms with Crippen molar-refractivity contribution in [2.45, 2.75) is 45.1 Å². The Morgan fingerprint density at radius 2 is 1.71 bits per heavy atom. The van der Waals surface area contributed by atoms with Gasteiger partial charge in [-0.2, -0.15) is 0 Å². The molecule has 1 aliphatic carbocycles. The molecule has 1 amide bonds. The molecule has 3 rings (SSSR count). The third kappa shape index (κ3) is 3.84. The van der Waals surface area contributed by atoms with E-state index in [-0.39, 0.29) is 30.3 Å². The molecule has 5 heteroatoms. The highest BCUT2D eigenvalue weighted by Gasteiger charge is 2.43. The Kier molecular flexibility index (Phi) is 5.63. The highest BCUT2D eigenvalue weighted by Crippen LogP contribution is 2.31. The van der Waals surface area contributed by atoms with Crippen molar-refractivity contribution in [3.05, 3.63) is 64.7 Å². The summed E-state index contributed by atoms with van der Waals surface area (Å²) in [6.07, 6.45) is 1.20. The molecule has 0 heterocycles. The van der Waals surface area contributed by atoms with Crippen LogP contribution in [-0.2, 0) is 4.79 Å². The Morgan fingerprint density at radius 1 is 1.04 bits per heavy atom. The lowest BCUT2D eigenvalue weighted by Crippen LogP contribution is -2.56. The predicted molar refractivity (Wildman–Crippen MR) is 107 cm³/mol. The van der Waals surface area contributed by atoms with Gasteiger partial charge in [0.2, 0.25) is 0 Å². The van der Waals surface area contributed by atoms with Crippen LogP contribution in [0.5, 0.6) is 5.75 Å². The highest BCUT2D eigenvalue weighted by atomic mass is 16.5. The van der Waals surface area contributed by atoms with Crippen molar-refractivity contribution in [2.75, 3.05) is 7.11 Å². The molecule has 0 radical (unpaired) electrons. The maximum absolute atomic E-state index is 13.4. The van der Waals surface area contributed by atoms with E-state index in [1.165, 1.54) is 0 Å². The number of benzene rings is 2. The molecule has 0 spiro atoms. The normalized spacial score (nSPS) is 15.8. The fourth-order valence-electron chi connectivity index (χ4n) is 3.79. The largest absolute Gasteiger partial charge is 0.496 e. The molecular weight excluding hydrogens is 354 g/mol. The van der Waals surface area contributed by atoms with Gasteiger partial charge in [-0.15, -0.1) is 0 Å². The summed E-state index contributed by atoms with van der Waals surface area (Å²) in [5, 5.41) is 2.98. The smallest absolute Gasteiger partial charge is 0.252 e. The molecule has 0 atom stereocenters. The molecule has 1 fully saturated rings. The van der Waals surface area contributed by atoms with Gasteiger partial charge in [0.15, 0.2) is 5.78 Å². The van der Waals surface area contributed by atoms with Crippen LogP contribution in [0.2, 0.25) is 0 Å². The van der Waals surface area contributed by atoms with Gasteiger partial charge in [-0.3, -0.25) is 14.4 Å². The summed E-state index contributed by atoms with van der Waals surface area (Å²) >= 11 is 0. The number of hydrogen-bond acceptors (Lipinski definition) is 4. The van der Waals surface area contributed by atoms with Crippen molar-refractivity contribution in [1.82, 2.24) is 5.32 Å². The van der Waals surface area contributed by atoms with Gasteiger partial charge >= 0.3 is 0 Å². The van der Waals surface area contributed by atoms with E-state index in [0.717, 1.165) is 5.56 Å². The first-order valence-electron chi connectivity index (χ1n) is 9.45. The molecule has 0 aliphatic heterocycles. The minimum Gasteiger partial charge on any atom is -0.496 e. The Hall–Kier alpha value is -2.95. The van der Waals surface area contributed by atoms with Gasteiger partial charge in [0.25, 0.3) is 5.91 Å². The molecule has 28 heavy (non-hydrogen) atoms. The SMILES string of the molecule is COc1cccc(C(=O)NC2(C(=O)c3cccc(C)c3)CCC(=O)CC2)c1C. The second-order valence-electron chi connectivity index (χ2n) is 7.41. The molecule has 146 valence electrons. The zero-order chi connectivity index (χ0) is 20.3. The van der Waals surface area contributed by atoms with Gasteiger partial charge in [0.05, 0.1) is 7.11 Å². The summed E-state index contributed by atoms with van der Waals surface area (Å²) in [7, 11) is 1.56. The number of carbonyl (C=O) groups is 3. The van der Waals surface area contributed by atoms with Gasteiger partial charge in [-0.25, -0.2) is 0 Å². The van der Waals surface area contributed by atoms with E-state index in [4.69, 9.17) is 4.74 Å². The summed E-state index contributed by atoms with van der Waals surface area (Å²) in [5.41, 5.74) is 1.63. The molecule has 0 bridgehead atoms. The third-order valence-corrected chi connectivity index (χ3v) is 5.48. The molecule has 2 aromatic carbocycles. The molecule has 1 aliphatic rings. The standard InChI is InChI=1S/C23H25NO4/c1-15-6-4-7-17(14-15)21(26)23(12-10-18(25)11-13-23)24-22(27)19-8-5-9-20(28-3)16(19)2/h4-9,14H,10-13H2,1-3H3,(H,24,27). The van der Waals surface area contributed by atoms with E-state index in [0.29, 0.717) is 35.3 Å². The average molecular weight is 379 g/mol. The number of aryl methyl sites for hydroxylation is 1. The summed E-state index contributed by atoms with van der Waals surface area (Å²) in [6, 6.07) is 12.6. The first kappa shape index (κ1) is 19.8. The predicted octanol–water partition coefficient (Wildman–Crippen LogP) is 3.81. The minimum absolute atomic E-state index is 0.125. The lowest BCUT2D eigenvalue weighted by molar-refractivity contribution is -0.121. The summed E-state index contributed by atoms with van der Waals surface area (Å²) in [4.78, 5) is 38.3. The van der Waals surface area contributed by atoms with Gasteiger partial charge in [0, 0.05) is 29.5 Å². The molecule has 0 unspecified atom stereocenters. The number of amides is 1. The van der Waals surface area contributed by atoms with Crippen molar-refractivity contribution in [1.29, 1.82) is 0 Å². The van der Waals surface area contributed by atoms with Gasteiger partial charge in [-0.05, 0) is 44.9 Å². The summed E-state index contributed by atoms with van der Waals surface area (Å²) in [6.45, 7) is 3.74. The van der Waals surface area contributed by atoms with Crippen LogP contribution in [0.3, 0.4) is 0 Å². The quantitative estimate of drug-likeness (QED) is 0.802. The van der Waals surface area contributed by atoms with Crippen molar-refractivity contribution < 1.29 is 19.1 Å². The van der Waals surface area contributed by atoms with Crippen molar-refractivity contribution in [3.63, 3.8) is 0 Å². The van der Waals surface area contributed by atoms with Crippen LogP contribution in [-0.4, -0.2) is 30.1 Å². The highest BCUT2D eigenvalue weighted by molar-refractivity contribution is 6.08. The number of rotatable bonds is 5. The van der Waals surface area contributed by atoms with Crippen LogP contribution in [0.15, 0.2) is 42.5 Å². The monoisotopic (exact) mass is 379 g/mol. The second-order valence-corrected chi connectivity index (χ2v) is 7.41. The number of ketones is 2. The van der Waals surface area contributed by atoms with E-state index in [1.807, 2.05) is 32.0 Å². The van der Waals surface area contributed by atoms with Crippen LogP contribution < -0.4 is 10.1 Å². The molecule has 1 N–H and O–H groups in total. The zero-order valence-corrected chi connectivity index (χ0v) is 16.5. The van der Waals surface area contributed by atoms with E-state index in [9.17, 15) is 14.4 Å². The topological polar surface area (TPSA) is 72.5 Å². The Morgan fingerprint density at radius 3 is 2.36 bits per heavy atom. The maximum atomic E-state index is 13.4. The van der Waals surface area contributed by atoms with Crippen LogP contribution in [0.25, 0.3) is 0 Å². The maximum Gasteiger partial charge on any atom is 0.252 e. The van der Waals surface area contributed by atoms with Gasteiger partial charge in [-0.1, -0.05) is 29.8 Å². The van der Waals surface area contributed by atoms with Gasteiger partial charge in [0.1, 0.15) is 17.1 Å². The number of Topliss-reactive ketones (excluding diaryl/α,β-unsaturated/α-hetero) is 2. The van der Waals surface area contributed by atoms with E-state index in [2.05, 4.69) is 5.32 Å².